The topological polar surface area (TPSA) is 79.3 Å². The van der Waals surface area contributed by atoms with Crippen molar-refractivity contribution in [3.05, 3.63) is 24.3 Å². The van der Waals surface area contributed by atoms with Gasteiger partial charge in [0.1, 0.15) is 5.75 Å². The second kappa shape index (κ2) is 10.1. The van der Waals surface area contributed by atoms with Crippen LogP contribution in [0.2, 0.25) is 0 Å². The third kappa shape index (κ3) is 5.93. The molecule has 1 aromatic carbocycles. The molecule has 1 aliphatic heterocycles. The summed E-state index contributed by atoms with van der Waals surface area (Å²) in [5, 5.41) is 9.27. The van der Waals surface area contributed by atoms with E-state index in [9.17, 15) is 13.5 Å². The first kappa shape index (κ1) is 20.1. The number of aliphatic hydroxyl groups excluding tert-OH is 1. The molecular weight excluding hydrogens is 344 g/mol. The van der Waals surface area contributed by atoms with Gasteiger partial charge in [-0.1, -0.05) is 6.92 Å². The number of nitrogens with zero attached hydrogens (tertiary/aromatic N) is 2. The summed E-state index contributed by atoms with van der Waals surface area (Å²) in [6, 6.07) is 6.45. The lowest BCUT2D eigenvalue weighted by Crippen LogP contribution is -2.43. The summed E-state index contributed by atoms with van der Waals surface area (Å²) in [5.41, 5.74) is 0. The molecule has 1 N–H and O–H groups in total. The van der Waals surface area contributed by atoms with Gasteiger partial charge in [-0.2, -0.15) is 4.31 Å². The number of rotatable bonds is 10. The smallest absolute Gasteiger partial charge is 0.243 e. The Labute approximate surface area is 150 Å². The second-order valence-corrected chi connectivity index (χ2v) is 7.84. The van der Waals surface area contributed by atoms with Gasteiger partial charge >= 0.3 is 0 Å². The summed E-state index contributed by atoms with van der Waals surface area (Å²) in [7, 11) is -3.64. The summed E-state index contributed by atoms with van der Waals surface area (Å²) >= 11 is 0. The molecular formula is C17H28N2O5S. The normalized spacial score (nSPS) is 16.3. The van der Waals surface area contributed by atoms with Gasteiger partial charge in [-0.15, -0.1) is 0 Å². The van der Waals surface area contributed by atoms with Crippen LogP contribution in [0.1, 0.15) is 13.3 Å². The lowest BCUT2D eigenvalue weighted by molar-refractivity contribution is 0.0359. The maximum Gasteiger partial charge on any atom is 0.243 e. The number of hydrogen-bond donors (Lipinski definition) is 1. The number of ether oxygens (including phenoxy) is 2. The monoisotopic (exact) mass is 372 g/mol. The quantitative estimate of drug-likeness (QED) is 0.654. The number of sulfonamides is 1. The van der Waals surface area contributed by atoms with Crippen LogP contribution < -0.4 is 4.74 Å². The summed E-state index contributed by atoms with van der Waals surface area (Å²) in [4.78, 5) is 2.39. The van der Waals surface area contributed by atoms with Gasteiger partial charge < -0.3 is 14.6 Å². The molecule has 1 aromatic rings. The molecule has 7 nitrogen and oxygen atoms in total. The molecule has 0 amide bonds. The first-order valence-electron chi connectivity index (χ1n) is 8.72. The van der Waals surface area contributed by atoms with Crippen LogP contribution in [0, 0.1) is 0 Å². The molecule has 2 rings (SSSR count). The highest BCUT2D eigenvalue weighted by atomic mass is 32.2. The first-order valence-corrected chi connectivity index (χ1v) is 10.2. The Balaban J connectivity index is 2.03. The summed E-state index contributed by atoms with van der Waals surface area (Å²) < 4.78 is 37.8. The fourth-order valence-electron chi connectivity index (χ4n) is 2.62. The van der Waals surface area contributed by atoms with Crippen LogP contribution in [0.4, 0.5) is 0 Å². The minimum atomic E-state index is -3.64. The van der Waals surface area contributed by atoms with Gasteiger partial charge in [0, 0.05) is 32.7 Å². The number of aliphatic hydroxyl groups is 1. The molecule has 0 saturated carbocycles. The molecule has 142 valence electrons. The average Bonchev–Trinajstić information content (AvgIpc) is 2.64. The van der Waals surface area contributed by atoms with Gasteiger partial charge in [-0.3, -0.25) is 4.90 Å². The molecule has 0 aliphatic carbocycles. The molecule has 0 aromatic heterocycles. The highest BCUT2D eigenvalue weighted by Crippen LogP contribution is 2.20. The average molecular weight is 372 g/mol. The van der Waals surface area contributed by atoms with Crippen LogP contribution in [0.25, 0.3) is 0 Å². The molecule has 8 heteroatoms. The lowest BCUT2D eigenvalue weighted by atomic mass is 10.3. The predicted octanol–water partition coefficient (Wildman–Crippen LogP) is 0.791. The van der Waals surface area contributed by atoms with Crippen molar-refractivity contribution in [2.24, 2.45) is 0 Å². The highest BCUT2D eigenvalue weighted by Gasteiger charge is 2.25. The molecule has 0 radical (unpaired) electrons. The van der Waals surface area contributed by atoms with E-state index in [4.69, 9.17) is 9.47 Å². The minimum absolute atomic E-state index is 0.0841. The standard InChI is InChI=1S/C17H28N2O5S/c1-2-13-24-16-3-5-17(6-4-16)25(21,22)19(9-12-20)8-7-18-10-14-23-15-11-18/h3-6,20H,2,7-15H2,1H3. The van der Waals surface area contributed by atoms with E-state index in [0.717, 1.165) is 19.5 Å². The van der Waals surface area contributed by atoms with Crippen LogP contribution in [0.5, 0.6) is 5.75 Å². The van der Waals surface area contributed by atoms with Crippen molar-refractivity contribution in [1.29, 1.82) is 0 Å². The van der Waals surface area contributed by atoms with Gasteiger partial charge in [0.25, 0.3) is 0 Å². The molecule has 1 fully saturated rings. The van der Waals surface area contributed by atoms with E-state index in [-0.39, 0.29) is 18.0 Å². The first-order chi connectivity index (χ1) is 12.1. The Kier molecular flexibility index (Phi) is 8.11. The van der Waals surface area contributed by atoms with Crippen molar-refractivity contribution in [1.82, 2.24) is 9.21 Å². The van der Waals surface area contributed by atoms with Crippen molar-refractivity contribution < 1.29 is 23.0 Å². The van der Waals surface area contributed by atoms with Crippen molar-refractivity contribution in [3.63, 3.8) is 0 Å². The van der Waals surface area contributed by atoms with Crippen molar-refractivity contribution in [2.75, 3.05) is 59.2 Å². The Bertz CT molecular complexity index is 600. The minimum Gasteiger partial charge on any atom is -0.494 e. The van der Waals surface area contributed by atoms with E-state index in [2.05, 4.69) is 4.90 Å². The zero-order valence-electron chi connectivity index (χ0n) is 14.8. The van der Waals surface area contributed by atoms with Crippen molar-refractivity contribution in [3.8, 4) is 5.75 Å². The fourth-order valence-corrected chi connectivity index (χ4v) is 4.04. The predicted molar refractivity (Wildman–Crippen MR) is 95.3 cm³/mol. The lowest BCUT2D eigenvalue weighted by Gasteiger charge is -2.29. The molecule has 0 unspecified atom stereocenters. The second-order valence-electron chi connectivity index (χ2n) is 5.90. The number of morpholine rings is 1. The van der Waals surface area contributed by atoms with E-state index in [1.165, 1.54) is 4.31 Å². The van der Waals surface area contributed by atoms with Gasteiger partial charge in [-0.25, -0.2) is 8.42 Å². The fraction of sp³-hybridized carbons (Fsp3) is 0.647. The maximum atomic E-state index is 12.9. The Hall–Kier alpha value is -1.19. The van der Waals surface area contributed by atoms with Gasteiger partial charge in [0.15, 0.2) is 0 Å². The largest absolute Gasteiger partial charge is 0.494 e. The van der Waals surface area contributed by atoms with E-state index >= 15 is 0 Å². The van der Waals surface area contributed by atoms with E-state index in [1.807, 2.05) is 6.92 Å². The third-order valence-corrected chi connectivity index (χ3v) is 5.97. The third-order valence-electron chi connectivity index (χ3n) is 4.05. The van der Waals surface area contributed by atoms with Crippen LogP contribution in [0.15, 0.2) is 29.2 Å². The summed E-state index contributed by atoms with van der Waals surface area (Å²) in [5.74, 6) is 0.655. The highest BCUT2D eigenvalue weighted by molar-refractivity contribution is 7.89. The van der Waals surface area contributed by atoms with E-state index in [0.29, 0.717) is 38.7 Å². The molecule has 0 atom stereocenters. The van der Waals surface area contributed by atoms with E-state index < -0.39 is 10.0 Å². The number of hydrogen-bond acceptors (Lipinski definition) is 6. The van der Waals surface area contributed by atoms with Crippen molar-refractivity contribution in [2.45, 2.75) is 18.2 Å². The molecule has 0 bridgehead atoms. The van der Waals surface area contributed by atoms with Crippen LogP contribution in [-0.4, -0.2) is 81.9 Å². The van der Waals surface area contributed by atoms with Gasteiger partial charge in [0.05, 0.1) is 31.3 Å². The molecule has 25 heavy (non-hydrogen) atoms. The molecule has 0 spiro atoms. The SMILES string of the molecule is CCCOc1ccc(S(=O)(=O)N(CCO)CCN2CCOCC2)cc1. The molecule has 1 heterocycles. The Morgan fingerprint density at radius 3 is 2.48 bits per heavy atom. The molecule has 1 aliphatic rings. The summed E-state index contributed by atoms with van der Waals surface area (Å²) in [6.07, 6.45) is 0.895. The van der Waals surface area contributed by atoms with Gasteiger partial charge in [-0.05, 0) is 30.7 Å². The van der Waals surface area contributed by atoms with Crippen molar-refractivity contribution >= 4 is 10.0 Å². The molecule has 1 saturated heterocycles. The summed E-state index contributed by atoms with van der Waals surface area (Å²) in [6.45, 7) is 6.41. The Morgan fingerprint density at radius 1 is 1.20 bits per heavy atom. The van der Waals surface area contributed by atoms with Gasteiger partial charge in [0.2, 0.25) is 10.0 Å². The maximum absolute atomic E-state index is 12.9. The zero-order valence-corrected chi connectivity index (χ0v) is 15.6. The van der Waals surface area contributed by atoms with Crippen LogP contribution in [0.3, 0.4) is 0 Å². The zero-order chi connectivity index (χ0) is 18.1. The van der Waals surface area contributed by atoms with Crippen LogP contribution in [-0.2, 0) is 14.8 Å². The van der Waals surface area contributed by atoms with Crippen LogP contribution >= 0.6 is 0 Å². The Morgan fingerprint density at radius 2 is 1.88 bits per heavy atom. The van der Waals surface area contributed by atoms with E-state index in [1.54, 1.807) is 24.3 Å². The number of benzene rings is 1.